The SMILES string of the molecule is O=C(CCc1cnn(-c2ccccc2)c1)N(CCc1ccccc1)Cc1cccs1. The Kier molecular flexibility index (Phi) is 6.72. The second kappa shape index (κ2) is 10.0. The Hall–Kier alpha value is -3.18. The van der Waals surface area contributed by atoms with E-state index in [1.165, 1.54) is 10.4 Å². The van der Waals surface area contributed by atoms with E-state index in [1.54, 1.807) is 11.3 Å². The Morgan fingerprint density at radius 3 is 2.40 bits per heavy atom. The number of carbonyl (C=O) groups is 1. The van der Waals surface area contributed by atoms with Crippen molar-refractivity contribution in [1.82, 2.24) is 14.7 Å². The molecule has 0 N–H and O–H groups in total. The predicted molar refractivity (Wildman–Crippen MR) is 122 cm³/mol. The van der Waals surface area contributed by atoms with Crippen LogP contribution in [0, 0.1) is 0 Å². The van der Waals surface area contributed by atoms with Gasteiger partial charge in [-0.1, -0.05) is 54.6 Å². The summed E-state index contributed by atoms with van der Waals surface area (Å²) in [4.78, 5) is 16.2. The third-order valence-electron chi connectivity index (χ3n) is 5.08. The Bertz CT molecular complexity index is 1040. The van der Waals surface area contributed by atoms with Crippen LogP contribution in [0.3, 0.4) is 0 Å². The van der Waals surface area contributed by atoms with E-state index in [2.05, 4.69) is 28.7 Å². The molecule has 30 heavy (non-hydrogen) atoms. The molecular formula is C25H25N3OS. The molecule has 2 heterocycles. The van der Waals surface area contributed by atoms with Crippen LogP contribution in [-0.4, -0.2) is 27.1 Å². The van der Waals surface area contributed by atoms with Crippen LogP contribution in [0.5, 0.6) is 0 Å². The van der Waals surface area contributed by atoms with Crippen molar-refractivity contribution in [2.75, 3.05) is 6.54 Å². The molecule has 0 bridgehead atoms. The summed E-state index contributed by atoms with van der Waals surface area (Å²) in [6.07, 6.45) is 5.91. The summed E-state index contributed by atoms with van der Waals surface area (Å²) in [6, 6.07) is 24.5. The Balaban J connectivity index is 1.38. The number of para-hydroxylation sites is 1. The number of thiophene rings is 1. The highest BCUT2D eigenvalue weighted by Crippen LogP contribution is 2.15. The van der Waals surface area contributed by atoms with E-state index in [4.69, 9.17) is 0 Å². The van der Waals surface area contributed by atoms with E-state index in [0.717, 1.165) is 24.2 Å². The number of aromatic nitrogens is 2. The van der Waals surface area contributed by atoms with Gasteiger partial charge in [-0.2, -0.15) is 5.10 Å². The van der Waals surface area contributed by atoms with Crippen LogP contribution in [0.2, 0.25) is 0 Å². The van der Waals surface area contributed by atoms with E-state index in [-0.39, 0.29) is 5.91 Å². The number of benzene rings is 2. The topological polar surface area (TPSA) is 38.1 Å². The smallest absolute Gasteiger partial charge is 0.223 e. The number of aryl methyl sites for hydroxylation is 1. The molecule has 152 valence electrons. The molecule has 0 atom stereocenters. The molecule has 0 saturated heterocycles. The minimum Gasteiger partial charge on any atom is -0.337 e. The molecular weight excluding hydrogens is 390 g/mol. The fourth-order valence-corrected chi connectivity index (χ4v) is 4.13. The third-order valence-corrected chi connectivity index (χ3v) is 5.94. The summed E-state index contributed by atoms with van der Waals surface area (Å²) < 4.78 is 1.86. The maximum Gasteiger partial charge on any atom is 0.223 e. The van der Waals surface area contributed by atoms with Crippen LogP contribution in [0.4, 0.5) is 0 Å². The first-order chi connectivity index (χ1) is 14.8. The van der Waals surface area contributed by atoms with Gasteiger partial charge in [0.05, 0.1) is 18.4 Å². The van der Waals surface area contributed by atoms with E-state index in [1.807, 2.05) is 76.6 Å². The van der Waals surface area contributed by atoms with Gasteiger partial charge in [0.15, 0.2) is 0 Å². The molecule has 2 aromatic carbocycles. The number of carbonyl (C=O) groups excluding carboxylic acids is 1. The lowest BCUT2D eigenvalue weighted by Crippen LogP contribution is -2.32. The van der Waals surface area contributed by atoms with Gasteiger partial charge < -0.3 is 4.90 Å². The Morgan fingerprint density at radius 2 is 1.67 bits per heavy atom. The minimum atomic E-state index is 0.187. The number of rotatable bonds is 9. The number of hydrogen-bond acceptors (Lipinski definition) is 3. The van der Waals surface area contributed by atoms with Crippen LogP contribution in [0.15, 0.2) is 90.6 Å². The molecule has 0 radical (unpaired) electrons. The highest BCUT2D eigenvalue weighted by atomic mass is 32.1. The van der Waals surface area contributed by atoms with Crippen molar-refractivity contribution in [2.45, 2.75) is 25.8 Å². The van der Waals surface area contributed by atoms with Gasteiger partial charge in [-0.25, -0.2) is 4.68 Å². The maximum atomic E-state index is 13.0. The molecule has 0 saturated carbocycles. The summed E-state index contributed by atoms with van der Waals surface area (Å²) in [5.41, 5.74) is 3.36. The zero-order chi connectivity index (χ0) is 20.6. The summed E-state index contributed by atoms with van der Waals surface area (Å²) in [5, 5.41) is 6.50. The summed E-state index contributed by atoms with van der Waals surface area (Å²) in [5.74, 6) is 0.187. The van der Waals surface area contributed by atoms with Gasteiger partial charge in [0, 0.05) is 24.0 Å². The standard InChI is InChI=1S/C25H25N3OS/c29-25(14-13-22-18-26-28(19-22)23-10-5-2-6-11-23)27(20-24-12-7-17-30-24)16-15-21-8-3-1-4-9-21/h1-12,17-19H,13-16,20H2. The highest BCUT2D eigenvalue weighted by Gasteiger charge is 2.15. The first kappa shape index (κ1) is 20.1. The van der Waals surface area contributed by atoms with E-state index >= 15 is 0 Å². The number of nitrogens with zero attached hydrogens (tertiary/aromatic N) is 3. The number of amides is 1. The van der Waals surface area contributed by atoms with Crippen LogP contribution in [0.25, 0.3) is 5.69 Å². The van der Waals surface area contributed by atoms with E-state index < -0.39 is 0 Å². The van der Waals surface area contributed by atoms with Crippen molar-refractivity contribution in [3.63, 3.8) is 0 Å². The lowest BCUT2D eigenvalue weighted by Gasteiger charge is -2.22. The highest BCUT2D eigenvalue weighted by molar-refractivity contribution is 7.09. The summed E-state index contributed by atoms with van der Waals surface area (Å²) in [7, 11) is 0. The molecule has 0 aliphatic rings. The van der Waals surface area contributed by atoms with Crippen molar-refractivity contribution in [1.29, 1.82) is 0 Å². The van der Waals surface area contributed by atoms with Gasteiger partial charge in [0.25, 0.3) is 0 Å². The van der Waals surface area contributed by atoms with Crippen molar-refractivity contribution in [3.05, 3.63) is 107 Å². The largest absolute Gasteiger partial charge is 0.337 e. The monoisotopic (exact) mass is 415 g/mol. The molecule has 0 unspecified atom stereocenters. The van der Waals surface area contributed by atoms with Gasteiger partial charge in [-0.3, -0.25) is 4.79 Å². The van der Waals surface area contributed by atoms with Gasteiger partial charge in [0.1, 0.15) is 0 Å². The molecule has 5 heteroatoms. The van der Waals surface area contributed by atoms with Crippen molar-refractivity contribution in [3.8, 4) is 5.69 Å². The number of hydrogen-bond donors (Lipinski definition) is 0. The molecule has 4 rings (SSSR count). The lowest BCUT2D eigenvalue weighted by molar-refractivity contribution is -0.131. The van der Waals surface area contributed by atoms with E-state index in [9.17, 15) is 4.79 Å². The Morgan fingerprint density at radius 1 is 0.900 bits per heavy atom. The van der Waals surface area contributed by atoms with Gasteiger partial charge in [0.2, 0.25) is 5.91 Å². The first-order valence-corrected chi connectivity index (χ1v) is 11.1. The fourth-order valence-electron chi connectivity index (χ4n) is 3.41. The second-order valence-electron chi connectivity index (χ2n) is 7.26. The van der Waals surface area contributed by atoms with Crippen molar-refractivity contribution in [2.24, 2.45) is 0 Å². The molecule has 0 aliphatic heterocycles. The molecule has 0 spiro atoms. The molecule has 1 amide bonds. The zero-order valence-corrected chi connectivity index (χ0v) is 17.7. The van der Waals surface area contributed by atoms with Crippen LogP contribution in [0.1, 0.15) is 22.4 Å². The Labute approximate surface area is 181 Å². The van der Waals surface area contributed by atoms with Crippen LogP contribution < -0.4 is 0 Å². The maximum absolute atomic E-state index is 13.0. The van der Waals surface area contributed by atoms with Crippen molar-refractivity contribution < 1.29 is 4.79 Å². The van der Waals surface area contributed by atoms with Crippen LogP contribution in [-0.2, 0) is 24.2 Å². The molecule has 4 aromatic rings. The zero-order valence-electron chi connectivity index (χ0n) is 16.9. The minimum absolute atomic E-state index is 0.187. The predicted octanol–water partition coefficient (Wildman–Crippen LogP) is 5.14. The summed E-state index contributed by atoms with van der Waals surface area (Å²) >= 11 is 1.70. The molecule has 4 nitrogen and oxygen atoms in total. The average molecular weight is 416 g/mol. The summed E-state index contributed by atoms with van der Waals surface area (Å²) in [6.45, 7) is 1.40. The normalized spacial score (nSPS) is 10.8. The second-order valence-corrected chi connectivity index (χ2v) is 8.29. The molecule has 0 fully saturated rings. The molecule has 0 aliphatic carbocycles. The van der Waals surface area contributed by atoms with Crippen molar-refractivity contribution >= 4 is 17.2 Å². The first-order valence-electron chi connectivity index (χ1n) is 10.2. The fraction of sp³-hybridized carbons (Fsp3) is 0.200. The third kappa shape index (κ3) is 5.45. The van der Waals surface area contributed by atoms with E-state index in [0.29, 0.717) is 19.4 Å². The molecule has 2 aromatic heterocycles. The average Bonchev–Trinajstić information content (AvgIpc) is 3.48. The van der Waals surface area contributed by atoms with Crippen LogP contribution >= 0.6 is 11.3 Å². The van der Waals surface area contributed by atoms with Gasteiger partial charge in [-0.15, -0.1) is 11.3 Å². The van der Waals surface area contributed by atoms with Gasteiger partial charge >= 0.3 is 0 Å². The lowest BCUT2D eigenvalue weighted by atomic mass is 10.1. The quantitative estimate of drug-likeness (QED) is 0.380. The van der Waals surface area contributed by atoms with Gasteiger partial charge in [-0.05, 0) is 47.5 Å².